The second kappa shape index (κ2) is 6.42. The number of aromatic nitrogens is 1. The molecule has 1 atom stereocenters. The van der Waals surface area contributed by atoms with Crippen LogP contribution in [0.1, 0.15) is 13.3 Å². The van der Waals surface area contributed by atoms with Gasteiger partial charge in [0.05, 0.1) is 4.75 Å². The summed E-state index contributed by atoms with van der Waals surface area (Å²) in [6.07, 6.45) is 2.28. The minimum Gasteiger partial charge on any atom is -0.471 e. The van der Waals surface area contributed by atoms with Gasteiger partial charge in [-0.15, -0.1) is 11.8 Å². The molecule has 0 saturated carbocycles. The zero-order chi connectivity index (χ0) is 15.6. The van der Waals surface area contributed by atoms with Crippen LogP contribution in [-0.2, 0) is 9.53 Å². The number of pyridine rings is 1. The second-order valence-corrected chi connectivity index (χ2v) is 7.10. The molecule has 5 nitrogen and oxygen atoms in total. The molecule has 2 aliphatic rings. The summed E-state index contributed by atoms with van der Waals surface area (Å²) in [5, 5.41) is 0. The largest absolute Gasteiger partial charge is 0.471 e. The highest BCUT2D eigenvalue weighted by atomic mass is 32.2. The highest BCUT2D eigenvalue weighted by Crippen LogP contribution is 2.46. The molecule has 7 heteroatoms. The molecule has 0 radical (unpaired) electrons. The number of rotatable bonds is 5. The lowest BCUT2D eigenvalue weighted by Gasteiger charge is -2.47. The molecular formula is C15H19FN2O3S. The summed E-state index contributed by atoms with van der Waals surface area (Å²) in [4.78, 5) is 17.6. The molecule has 120 valence electrons. The summed E-state index contributed by atoms with van der Waals surface area (Å²) >= 11 is 1.80. The fraction of sp³-hybridized carbons (Fsp3) is 0.600. The summed E-state index contributed by atoms with van der Waals surface area (Å²) in [5.74, 6) is 0.460. The maximum absolute atomic E-state index is 13.6. The third kappa shape index (κ3) is 3.20. The quantitative estimate of drug-likeness (QED) is 0.825. The minimum absolute atomic E-state index is 0.0354. The third-order valence-electron chi connectivity index (χ3n) is 3.92. The molecule has 2 fully saturated rings. The average molecular weight is 326 g/mol. The summed E-state index contributed by atoms with van der Waals surface area (Å²) in [6, 6.07) is 2.89. The maximum atomic E-state index is 13.6. The van der Waals surface area contributed by atoms with E-state index >= 15 is 0 Å². The number of halogens is 1. The fourth-order valence-corrected chi connectivity index (χ4v) is 4.34. The normalized spacial score (nSPS) is 22.6. The SMILES string of the molecule is CCOCC(=O)N1CC2(C[C@H](Oc3ncccc3F)CS2)C1. The van der Waals surface area contributed by atoms with Gasteiger partial charge in [-0.2, -0.15) is 0 Å². The molecule has 0 unspecified atom stereocenters. The van der Waals surface area contributed by atoms with Gasteiger partial charge in [0.25, 0.3) is 5.88 Å². The second-order valence-electron chi connectivity index (χ2n) is 5.62. The highest BCUT2D eigenvalue weighted by molar-refractivity contribution is 8.01. The van der Waals surface area contributed by atoms with Crippen LogP contribution in [-0.4, -0.2) is 58.7 Å². The van der Waals surface area contributed by atoms with Gasteiger partial charge in [0.1, 0.15) is 12.7 Å². The van der Waals surface area contributed by atoms with Crippen LogP contribution in [0.4, 0.5) is 4.39 Å². The molecule has 2 aliphatic heterocycles. The lowest BCUT2D eigenvalue weighted by Crippen LogP contribution is -2.61. The van der Waals surface area contributed by atoms with Gasteiger partial charge in [-0.3, -0.25) is 4.79 Å². The van der Waals surface area contributed by atoms with E-state index in [4.69, 9.17) is 9.47 Å². The van der Waals surface area contributed by atoms with E-state index in [0.717, 1.165) is 12.2 Å². The first-order valence-corrected chi connectivity index (χ1v) is 8.37. The van der Waals surface area contributed by atoms with Crippen molar-refractivity contribution in [3.05, 3.63) is 24.1 Å². The summed E-state index contributed by atoms with van der Waals surface area (Å²) in [6.45, 7) is 4.00. The van der Waals surface area contributed by atoms with Gasteiger partial charge >= 0.3 is 0 Å². The van der Waals surface area contributed by atoms with E-state index in [-0.39, 0.29) is 29.2 Å². The van der Waals surface area contributed by atoms with Crippen LogP contribution in [0.25, 0.3) is 0 Å². The number of carbonyl (C=O) groups is 1. The van der Waals surface area contributed by atoms with Crippen LogP contribution in [0.2, 0.25) is 0 Å². The van der Waals surface area contributed by atoms with E-state index in [2.05, 4.69) is 4.98 Å². The number of nitrogens with zero attached hydrogens (tertiary/aromatic N) is 2. The van der Waals surface area contributed by atoms with Crippen molar-refractivity contribution in [2.75, 3.05) is 32.1 Å². The predicted molar refractivity (Wildman–Crippen MR) is 81.5 cm³/mol. The summed E-state index contributed by atoms with van der Waals surface area (Å²) in [5.41, 5.74) is 0. The molecule has 1 aromatic rings. The van der Waals surface area contributed by atoms with Crippen molar-refractivity contribution in [2.24, 2.45) is 0 Å². The number of hydrogen-bond donors (Lipinski definition) is 0. The molecule has 1 amide bonds. The van der Waals surface area contributed by atoms with Gasteiger partial charge in [0, 0.05) is 38.1 Å². The van der Waals surface area contributed by atoms with E-state index in [1.807, 2.05) is 11.8 Å². The number of carbonyl (C=O) groups excluding carboxylic acids is 1. The van der Waals surface area contributed by atoms with Crippen molar-refractivity contribution >= 4 is 17.7 Å². The van der Waals surface area contributed by atoms with Crippen molar-refractivity contribution in [3.8, 4) is 5.88 Å². The molecule has 0 aromatic carbocycles. The van der Waals surface area contributed by atoms with Gasteiger partial charge in [-0.25, -0.2) is 9.37 Å². The van der Waals surface area contributed by atoms with Gasteiger partial charge in [0.15, 0.2) is 5.82 Å². The van der Waals surface area contributed by atoms with E-state index in [0.29, 0.717) is 19.7 Å². The molecule has 1 spiro atoms. The molecule has 0 bridgehead atoms. The highest BCUT2D eigenvalue weighted by Gasteiger charge is 2.51. The molecule has 0 aliphatic carbocycles. The molecular weight excluding hydrogens is 307 g/mol. The van der Waals surface area contributed by atoms with Crippen molar-refractivity contribution in [2.45, 2.75) is 24.2 Å². The number of amides is 1. The van der Waals surface area contributed by atoms with Crippen LogP contribution in [0.5, 0.6) is 5.88 Å². The Labute approximate surface area is 133 Å². The standard InChI is InChI=1S/C15H19FN2O3S/c1-2-20-7-13(19)18-9-15(10-18)6-11(8-22-15)21-14-12(16)4-3-5-17-14/h3-5,11H,2,6-10H2,1H3/t11-/m0/s1. The van der Waals surface area contributed by atoms with E-state index in [9.17, 15) is 9.18 Å². The predicted octanol–water partition coefficient (Wildman–Crippen LogP) is 1.72. The fourth-order valence-electron chi connectivity index (χ4n) is 2.82. The van der Waals surface area contributed by atoms with Crippen molar-refractivity contribution < 1.29 is 18.7 Å². The Balaban J connectivity index is 1.50. The van der Waals surface area contributed by atoms with Crippen LogP contribution in [0, 0.1) is 5.82 Å². The number of likely N-dealkylation sites (tertiary alicyclic amines) is 1. The number of hydrogen-bond acceptors (Lipinski definition) is 5. The van der Waals surface area contributed by atoms with Crippen LogP contribution >= 0.6 is 11.8 Å². The first-order chi connectivity index (χ1) is 10.6. The Morgan fingerprint density at radius 3 is 3.14 bits per heavy atom. The monoisotopic (exact) mass is 326 g/mol. The first kappa shape index (κ1) is 15.6. The lowest BCUT2D eigenvalue weighted by atomic mass is 9.93. The lowest BCUT2D eigenvalue weighted by molar-refractivity contribution is -0.141. The Bertz CT molecular complexity index is 551. The number of thioether (sulfide) groups is 1. The van der Waals surface area contributed by atoms with E-state index < -0.39 is 5.82 Å². The maximum Gasteiger partial charge on any atom is 0.250 e. The van der Waals surface area contributed by atoms with Crippen molar-refractivity contribution in [3.63, 3.8) is 0 Å². The van der Waals surface area contributed by atoms with Crippen LogP contribution in [0.15, 0.2) is 18.3 Å². The topological polar surface area (TPSA) is 51.7 Å². The summed E-state index contributed by atoms with van der Waals surface area (Å²) < 4.78 is 24.4. The molecule has 3 heterocycles. The Kier molecular flexibility index (Phi) is 4.54. The Morgan fingerprint density at radius 1 is 1.59 bits per heavy atom. The van der Waals surface area contributed by atoms with Crippen molar-refractivity contribution in [1.29, 1.82) is 0 Å². The zero-order valence-electron chi connectivity index (χ0n) is 12.5. The minimum atomic E-state index is -0.435. The Morgan fingerprint density at radius 2 is 2.41 bits per heavy atom. The van der Waals surface area contributed by atoms with Crippen LogP contribution in [0.3, 0.4) is 0 Å². The molecule has 22 heavy (non-hydrogen) atoms. The first-order valence-electron chi connectivity index (χ1n) is 7.38. The average Bonchev–Trinajstić information content (AvgIpc) is 2.90. The number of ether oxygens (including phenoxy) is 2. The zero-order valence-corrected chi connectivity index (χ0v) is 13.3. The third-order valence-corrected chi connectivity index (χ3v) is 5.49. The summed E-state index contributed by atoms with van der Waals surface area (Å²) in [7, 11) is 0. The Hall–Kier alpha value is -1.34. The van der Waals surface area contributed by atoms with Crippen molar-refractivity contribution in [1.82, 2.24) is 9.88 Å². The van der Waals surface area contributed by atoms with Crippen LogP contribution < -0.4 is 4.74 Å². The van der Waals surface area contributed by atoms with Gasteiger partial charge in [0.2, 0.25) is 5.91 Å². The van der Waals surface area contributed by atoms with E-state index in [1.54, 1.807) is 17.8 Å². The molecule has 1 aromatic heterocycles. The molecule has 2 saturated heterocycles. The van der Waals surface area contributed by atoms with Gasteiger partial charge in [-0.1, -0.05) is 0 Å². The van der Waals surface area contributed by atoms with E-state index in [1.165, 1.54) is 12.3 Å². The molecule has 3 rings (SSSR count). The van der Waals surface area contributed by atoms with Gasteiger partial charge < -0.3 is 14.4 Å². The molecule has 0 N–H and O–H groups in total. The smallest absolute Gasteiger partial charge is 0.250 e. The van der Waals surface area contributed by atoms with Gasteiger partial charge in [-0.05, 0) is 19.1 Å².